The normalized spacial score (nSPS) is 19.9. The third kappa shape index (κ3) is 5.11. The van der Waals surface area contributed by atoms with Crippen LogP contribution in [0, 0.1) is 0 Å². The molecule has 2 unspecified atom stereocenters. The van der Waals surface area contributed by atoms with Gasteiger partial charge in [-0.2, -0.15) is 8.42 Å². The summed E-state index contributed by atoms with van der Waals surface area (Å²) in [5.74, 6) is 0.0674. The summed E-state index contributed by atoms with van der Waals surface area (Å²) in [5.41, 5.74) is 1.65. The van der Waals surface area contributed by atoms with E-state index in [-0.39, 0.29) is 20.7 Å². The van der Waals surface area contributed by atoms with Gasteiger partial charge in [0.25, 0.3) is 15.9 Å². The fourth-order valence-electron chi connectivity index (χ4n) is 3.61. The topological polar surface area (TPSA) is 104 Å². The maximum absolute atomic E-state index is 13.3. The minimum Gasteiger partial charge on any atom is -0.368 e. The molecule has 180 valence electrons. The summed E-state index contributed by atoms with van der Waals surface area (Å²) in [6, 6.07) is 7.68. The number of benzene rings is 1. The van der Waals surface area contributed by atoms with E-state index in [1.165, 1.54) is 11.0 Å². The first-order valence-corrected chi connectivity index (χ1v) is 14.6. The fraction of sp³-hybridized carbons (Fsp3) is 0.429. The van der Waals surface area contributed by atoms with Crippen LogP contribution in [0.4, 0.5) is 0 Å². The minimum absolute atomic E-state index is 0.0198. The average molecular weight is 532 g/mol. The highest BCUT2D eigenvalue weighted by Gasteiger charge is 2.42. The Morgan fingerprint density at radius 3 is 2.45 bits per heavy atom. The molecule has 1 aliphatic heterocycles. The van der Waals surface area contributed by atoms with Crippen molar-refractivity contribution < 1.29 is 21.6 Å². The molecule has 3 rings (SSSR count). The number of nitrogens with zero attached hydrogens (tertiary/aromatic N) is 3. The summed E-state index contributed by atoms with van der Waals surface area (Å²) in [6.45, 7) is 3.71. The number of thiophene rings is 1. The van der Waals surface area contributed by atoms with E-state index in [4.69, 9.17) is 11.6 Å². The van der Waals surface area contributed by atoms with Crippen LogP contribution in [0.5, 0.6) is 0 Å². The minimum atomic E-state index is -4.09. The Balaban J connectivity index is 2.08. The van der Waals surface area contributed by atoms with Crippen LogP contribution in [0.25, 0.3) is 0 Å². The Kier molecular flexibility index (Phi) is 7.57. The van der Waals surface area contributed by atoms with Gasteiger partial charge in [-0.15, -0.1) is 27.3 Å². The highest BCUT2D eigenvalue weighted by Crippen LogP contribution is 2.45. The summed E-state index contributed by atoms with van der Waals surface area (Å²) < 4.78 is 54.9. The third-order valence-electron chi connectivity index (χ3n) is 5.41. The van der Waals surface area contributed by atoms with Gasteiger partial charge in [0.05, 0.1) is 11.3 Å². The van der Waals surface area contributed by atoms with Gasteiger partial charge in [-0.25, -0.2) is 8.42 Å². The number of carbonyl (C=O) groups excluding carboxylic acids is 1. The van der Waals surface area contributed by atoms with E-state index in [9.17, 15) is 21.6 Å². The van der Waals surface area contributed by atoms with Crippen molar-refractivity contribution in [1.29, 1.82) is 0 Å². The highest BCUT2D eigenvalue weighted by molar-refractivity contribution is 7.96. The maximum atomic E-state index is 13.3. The molecule has 0 spiro atoms. The number of sulfonamides is 1. The lowest BCUT2D eigenvalue weighted by atomic mass is 10.0. The molecule has 0 fully saturated rings. The number of fused-ring (bicyclic) bond motifs is 1. The molecule has 0 saturated heterocycles. The number of hydrogen-bond donors (Lipinski definition) is 0. The lowest BCUT2D eigenvalue weighted by molar-refractivity contribution is 0.0673. The Hall–Kier alpha value is -1.95. The predicted molar refractivity (Wildman–Crippen MR) is 130 cm³/mol. The van der Waals surface area contributed by atoms with Crippen LogP contribution < -0.4 is 0 Å². The second kappa shape index (κ2) is 9.73. The number of sulfone groups is 1. The van der Waals surface area contributed by atoms with Crippen LogP contribution in [-0.2, 0) is 25.7 Å². The lowest BCUT2D eigenvalue weighted by Gasteiger charge is -2.36. The van der Waals surface area contributed by atoms with Crippen molar-refractivity contribution in [2.75, 3.05) is 20.6 Å². The molecule has 0 radical (unpaired) electrons. The van der Waals surface area contributed by atoms with E-state index in [0.717, 1.165) is 11.9 Å². The van der Waals surface area contributed by atoms with Gasteiger partial charge in [0.2, 0.25) is 0 Å². The van der Waals surface area contributed by atoms with Gasteiger partial charge in [-0.1, -0.05) is 12.1 Å². The molecule has 0 bridgehead atoms. The van der Waals surface area contributed by atoms with Crippen molar-refractivity contribution in [3.05, 3.63) is 47.0 Å². The molecule has 2 aromatic rings. The molecule has 0 saturated carbocycles. The van der Waals surface area contributed by atoms with Crippen molar-refractivity contribution >= 4 is 55.0 Å². The van der Waals surface area contributed by atoms with Gasteiger partial charge in [-0.3, -0.25) is 4.79 Å². The van der Waals surface area contributed by atoms with Gasteiger partial charge in [0.1, 0.15) is 14.8 Å². The molecule has 1 aromatic carbocycles. The van der Waals surface area contributed by atoms with E-state index in [1.807, 2.05) is 6.92 Å². The highest BCUT2D eigenvalue weighted by atomic mass is 35.5. The number of carbonyl (C=O) groups is 1. The first-order chi connectivity index (χ1) is 15.4. The lowest BCUT2D eigenvalue weighted by Crippen LogP contribution is -2.40. The van der Waals surface area contributed by atoms with Crippen molar-refractivity contribution in [3.8, 4) is 0 Å². The van der Waals surface area contributed by atoms with Gasteiger partial charge >= 0.3 is 0 Å². The van der Waals surface area contributed by atoms with Crippen molar-refractivity contribution in [3.63, 3.8) is 0 Å². The fourth-order valence-corrected chi connectivity index (χ4v) is 8.67. The first-order valence-electron chi connectivity index (χ1n) is 10.2. The second-order valence-electron chi connectivity index (χ2n) is 8.00. The molecule has 33 heavy (non-hydrogen) atoms. The summed E-state index contributed by atoms with van der Waals surface area (Å²) >= 11 is 6.52. The molecular weight excluding hydrogens is 506 g/mol. The summed E-state index contributed by atoms with van der Waals surface area (Å²) in [5, 5.41) is -0.769. The molecule has 2 atom stereocenters. The Bertz CT molecular complexity index is 1270. The average Bonchev–Trinajstić information content (AvgIpc) is 3.24. The van der Waals surface area contributed by atoms with Crippen molar-refractivity contribution in [2.24, 2.45) is 4.40 Å². The monoisotopic (exact) mass is 531 g/mol. The molecule has 1 aliphatic rings. The van der Waals surface area contributed by atoms with E-state index < -0.39 is 31.2 Å². The summed E-state index contributed by atoms with van der Waals surface area (Å²) in [6.07, 6.45) is 1.32. The zero-order valence-electron chi connectivity index (χ0n) is 18.7. The zero-order valence-corrected chi connectivity index (χ0v) is 21.9. The molecule has 1 amide bonds. The third-order valence-corrected chi connectivity index (χ3v) is 11.3. The maximum Gasteiger partial charge on any atom is 0.293 e. The number of halogens is 1. The standard InChI is InChI=1S/C21H26ClN3O5S3/c1-5-25(20(26)16-8-6-15(12-22)7-9-16)18-10-14(2)32(27,28)21-17(18)11-19(31-21)33(29,30)23-13-24(3)4/h6-9,11,13-14,18H,5,10,12H2,1-4H3/b23-13+. The predicted octanol–water partition coefficient (Wildman–Crippen LogP) is 3.53. The smallest absolute Gasteiger partial charge is 0.293 e. The van der Waals surface area contributed by atoms with Crippen LogP contribution in [-0.4, -0.2) is 64.8 Å². The summed E-state index contributed by atoms with van der Waals surface area (Å²) in [7, 11) is -4.55. The summed E-state index contributed by atoms with van der Waals surface area (Å²) in [4.78, 5) is 16.4. The molecule has 0 aliphatic carbocycles. The van der Waals surface area contributed by atoms with E-state index in [1.54, 1.807) is 50.2 Å². The zero-order chi connectivity index (χ0) is 24.6. The largest absolute Gasteiger partial charge is 0.368 e. The SMILES string of the molecule is CCN(C(=O)c1ccc(CCl)cc1)C1CC(C)S(=O)(=O)c2sc(S(=O)(=O)/N=C/N(C)C)cc21. The van der Waals surface area contributed by atoms with Crippen LogP contribution >= 0.6 is 22.9 Å². The Labute approximate surface area is 203 Å². The van der Waals surface area contributed by atoms with Gasteiger partial charge in [-0.05, 0) is 44.0 Å². The molecule has 8 nitrogen and oxygen atoms in total. The van der Waals surface area contributed by atoms with Crippen LogP contribution in [0.1, 0.15) is 47.8 Å². The Morgan fingerprint density at radius 1 is 1.27 bits per heavy atom. The second-order valence-corrected chi connectivity index (χ2v) is 13.7. The van der Waals surface area contributed by atoms with Crippen LogP contribution in [0.15, 0.2) is 43.1 Å². The number of amides is 1. The van der Waals surface area contributed by atoms with Gasteiger partial charge in [0.15, 0.2) is 9.84 Å². The molecule has 12 heteroatoms. The van der Waals surface area contributed by atoms with Crippen LogP contribution in [0.2, 0.25) is 0 Å². The van der Waals surface area contributed by atoms with Crippen molar-refractivity contribution in [1.82, 2.24) is 9.80 Å². The number of hydrogen-bond acceptors (Lipinski definition) is 6. The number of rotatable bonds is 7. The number of alkyl halides is 1. The molecule has 2 heterocycles. The van der Waals surface area contributed by atoms with Gasteiger partial charge in [0, 0.05) is 37.6 Å². The molecule has 0 N–H and O–H groups in total. The van der Waals surface area contributed by atoms with E-state index >= 15 is 0 Å². The first kappa shape index (κ1) is 25.7. The molecule has 1 aromatic heterocycles. The van der Waals surface area contributed by atoms with E-state index in [0.29, 0.717) is 34.9 Å². The Morgan fingerprint density at radius 2 is 1.91 bits per heavy atom. The van der Waals surface area contributed by atoms with E-state index in [2.05, 4.69) is 4.40 Å². The van der Waals surface area contributed by atoms with Gasteiger partial charge < -0.3 is 9.80 Å². The quantitative estimate of drug-likeness (QED) is 0.307. The van der Waals surface area contributed by atoms with Crippen molar-refractivity contribution in [2.45, 2.75) is 45.9 Å². The van der Waals surface area contributed by atoms with Crippen LogP contribution in [0.3, 0.4) is 0 Å². The molecular formula is C21H26ClN3O5S3.